The summed E-state index contributed by atoms with van der Waals surface area (Å²) in [5, 5.41) is 0. The molecule has 0 amide bonds. The third kappa shape index (κ3) is 5.90. The van der Waals surface area contributed by atoms with Crippen molar-refractivity contribution in [2.75, 3.05) is 6.61 Å². The Labute approximate surface area is 82.3 Å². The lowest BCUT2D eigenvalue weighted by Gasteiger charge is -2.29. The Morgan fingerprint density at radius 1 is 1.17 bits per heavy atom. The lowest BCUT2D eigenvalue weighted by molar-refractivity contribution is -0.0234. The molecule has 1 atom stereocenters. The van der Waals surface area contributed by atoms with E-state index in [4.69, 9.17) is 4.74 Å². The normalized spacial score (nSPS) is 16.2. The zero-order valence-corrected chi connectivity index (χ0v) is 10.0. The van der Waals surface area contributed by atoms with Crippen LogP contribution in [0.3, 0.4) is 0 Å². The second-order valence-corrected chi connectivity index (χ2v) is 6.13. The second kappa shape index (κ2) is 4.01. The molecule has 74 valence electrons. The molecular formula is C10H22OS. The molecule has 0 aromatic heterocycles. The van der Waals surface area contributed by atoms with Gasteiger partial charge in [0, 0.05) is 4.75 Å². The van der Waals surface area contributed by atoms with Crippen LogP contribution in [-0.4, -0.2) is 17.0 Å². The van der Waals surface area contributed by atoms with Crippen LogP contribution in [0.4, 0.5) is 0 Å². The van der Waals surface area contributed by atoms with E-state index in [-0.39, 0.29) is 10.3 Å². The molecular weight excluding hydrogens is 168 g/mol. The fourth-order valence-corrected chi connectivity index (χ4v) is 0.653. The molecule has 2 heteroatoms. The van der Waals surface area contributed by atoms with Gasteiger partial charge in [0.15, 0.2) is 0 Å². The Balaban J connectivity index is 3.80. The molecule has 12 heavy (non-hydrogen) atoms. The number of thiol groups is 1. The van der Waals surface area contributed by atoms with E-state index in [0.29, 0.717) is 5.92 Å². The van der Waals surface area contributed by atoms with Crippen LogP contribution in [0.25, 0.3) is 0 Å². The summed E-state index contributed by atoms with van der Waals surface area (Å²) >= 11 is 4.50. The topological polar surface area (TPSA) is 9.23 Å². The highest BCUT2D eigenvalue weighted by atomic mass is 32.1. The van der Waals surface area contributed by atoms with Gasteiger partial charge in [0.2, 0.25) is 0 Å². The fraction of sp³-hybridized carbons (Fsp3) is 1.00. The molecule has 0 bridgehead atoms. The van der Waals surface area contributed by atoms with Gasteiger partial charge in [-0.15, -0.1) is 0 Å². The van der Waals surface area contributed by atoms with E-state index in [2.05, 4.69) is 54.2 Å². The predicted octanol–water partition coefficient (Wildman–Crippen LogP) is 3.15. The van der Waals surface area contributed by atoms with Crippen LogP contribution >= 0.6 is 12.6 Å². The molecule has 1 unspecified atom stereocenters. The highest BCUT2D eigenvalue weighted by Crippen LogP contribution is 2.24. The summed E-state index contributed by atoms with van der Waals surface area (Å²) in [6, 6.07) is 0. The van der Waals surface area contributed by atoms with Gasteiger partial charge >= 0.3 is 0 Å². The van der Waals surface area contributed by atoms with Crippen molar-refractivity contribution in [2.24, 2.45) is 5.92 Å². The van der Waals surface area contributed by atoms with Crippen LogP contribution < -0.4 is 0 Å². The summed E-state index contributed by atoms with van der Waals surface area (Å²) in [4.78, 5) is 0. The Bertz CT molecular complexity index is 130. The van der Waals surface area contributed by atoms with Crippen molar-refractivity contribution < 1.29 is 4.74 Å². The Morgan fingerprint density at radius 2 is 1.58 bits per heavy atom. The summed E-state index contributed by atoms with van der Waals surface area (Å²) in [6.45, 7) is 13.4. The van der Waals surface area contributed by atoms with Crippen molar-refractivity contribution in [3.63, 3.8) is 0 Å². The average Bonchev–Trinajstić information content (AvgIpc) is 1.78. The molecule has 0 aromatic carbocycles. The number of hydrogen-bond donors (Lipinski definition) is 1. The van der Waals surface area contributed by atoms with Crippen molar-refractivity contribution in [3.8, 4) is 0 Å². The van der Waals surface area contributed by atoms with Gasteiger partial charge in [0.25, 0.3) is 0 Å². The van der Waals surface area contributed by atoms with E-state index in [0.717, 1.165) is 6.61 Å². The fourth-order valence-electron chi connectivity index (χ4n) is 0.579. The second-order valence-electron chi connectivity index (χ2n) is 4.98. The SMILES string of the molecule is CC(COC(C)(C)C)C(C)(C)S. The molecule has 0 fully saturated rings. The van der Waals surface area contributed by atoms with Crippen LogP contribution in [0.15, 0.2) is 0 Å². The van der Waals surface area contributed by atoms with Gasteiger partial charge < -0.3 is 4.74 Å². The van der Waals surface area contributed by atoms with Crippen LogP contribution in [0.2, 0.25) is 0 Å². The van der Waals surface area contributed by atoms with E-state index in [1.54, 1.807) is 0 Å². The Kier molecular flexibility index (Phi) is 4.12. The maximum atomic E-state index is 5.67. The van der Waals surface area contributed by atoms with Gasteiger partial charge in [0.05, 0.1) is 12.2 Å². The maximum Gasteiger partial charge on any atom is 0.0598 e. The largest absolute Gasteiger partial charge is 0.376 e. The van der Waals surface area contributed by atoms with Crippen molar-refractivity contribution in [2.45, 2.75) is 51.9 Å². The number of rotatable bonds is 3. The molecule has 0 heterocycles. The Hall–Kier alpha value is 0.310. The maximum absolute atomic E-state index is 5.67. The quantitative estimate of drug-likeness (QED) is 0.673. The summed E-state index contributed by atoms with van der Waals surface area (Å²) in [5.41, 5.74) is -0.0344. The molecule has 0 radical (unpaired) electrons. The van der Waals surface area contributed by atoms with Crippen molar-refractivity contribution in [1.29, 1.82) is 0 Å². The molecule has 0 aliphatic heterocycles. The summed E-state index contributed by atoms with van der Waals surface area (Å²) in [6.07, 6.45) is 0. The molecule has 0 aliphatic rings. The molecule has 0 saturated carbocycles. The number of hydrogen-bond acceptors (Lipinski definition) is 2. The van der Waals surface area contributed by atoms with E-state index in [9.17, 15) is 0 Å². The van der Waals surface area contributed by atoms with Crippen LogP contribution in [0.1, 0.15) is 41.5 Å². The summed E-state index contributed by atoms with van der Waals surface area (Å²) in [7, 11) is 0. The van der Waals surface area contributed by atoms with Crippen LogP contribution in [0, 0.1) is 5.92 Å². The third-order valence-corrected chi connectivity index (χ3v) is 2.41. The zero-order chi connectivity index (χ0) is 9.99. The van der Waals surface area contributed by atoms with E-state index in [1.807, 2.05) is 0 Å². The van der Waals surface area contributed by atoms with Gasteiger partial charge in [0.1, 0.15) is 0 Å². The zero-order valence-electron chi connectivity index (χ0n) is 9.14. The first-order valence-electron chi connectivity index (χ1n) is 4.49. The van der Waals surface area contributed by atoms with E-state index in [1.165, 1.54) is 0 Å². The minimum atomic E-state index is -0.0344. The smallest absolute Gasteiger partial charge is 0.0598 e. The van der Waals surface area contributed by atoms with Crippen molar-refractivity contribution in [3.05, 3.63) is 0 Å². The third-order valence-electron chi connectivity index (χ3n) is 1.97. The number of ether oxygens (including phenoxy) is 1. The highest BCUT2D eigenvalue weighted by Gasteiger charge is 2.23. The summed E-state index contributed by atoms with van der Waals surface area (Å²) in [5.74, 6) is 0.472. The molecule has 0 rings (SSSR count). The molecule has 0 saturated heterocycles. The first-order chi connectivity index (χ1) is 5.13. The molecule has 0 spiro atoms. The highest BCUT2D eigenvalue weighted by molar-refractivity contribution is 7.81. The lowest BCUT2D eigenvalue weighted by atomic mass is 9.98. The monoisotopic (exact) mass is 190 g/mol. The lowest BCUT2D eigenvalue weighted by Crippen LogP contribution is -2.30. The van der Waals surface area contributed by atoms with E-state index < -0.39 is 0 Å². The minimum Gasteiger partial charge on any atom is -0.376 e. The first kappa shape index (κ1) is 12.3. The van der Waals surface area contributed by atoms with Crippen molar-refractivity contribution >= 4 is 12.6 Å². The van der Waals surface area contributed by atoms with Gasteiger partial charge in [-0.25, -0.2) is 0 Å². The predicted molar refractivity (Wildman–Crippen MR) is 57.9 cm³/mol. The Morgan fingerprint density at radius 3 is 1.83 bits per heavy atom. The van der Waals surface area contributed by atoms with Crippen LogP contribution in [0.5, 0.6) is 0 Å². The molecule has 0 aliphatic carbocycles. The molecule has 0 aromatic rings. The van der Waals surface area contributed by atoms with E-state index >= 15 is 0 Å². The van der Waals surface area contributed by atoms with Gasteiger partial charge in [-0.3, -0.25) is 0 Å². The van der Waals surface area contributed by atoms with Gasteiger partial charge in [-0.05, 0) is 26.7 Å². The van der Waals surface area contributed by atoms with Gasteiger partial charge in [-0.1, -0.05) is 20.8 Å². The first-order valence-corrected chi connectivity index (χ1v) is 4.94. The summed E-state index contributed by atoms with van der Waals surface area (Å²) < 4.78 is 5.72. The van der Waals surface area contributed by atoms with Gasteiger partial charge in [-0.2, -0.15) is 12.6 Å². The molecule has 1 nitrogen and oxygen atoms in total. The van der Waals surface area contributed by atoms with Crippen molar-refractivity contribution in [1.82, 2.24) is 0 Å². The van der Waals surface area contributed by atoms with Crippen LogP contribution in [-0.2, 0) is 4.74 Å². The molecule has 0 N–H and O–H groups in total. The average molecular weight is 190 g/mol. The minimum absolute atomic E-state index is 0.0344. The standard InChI is InChI=1S/C10H22OS/c1-8(10(5,6)12)7-11-9(2,3)4/h8,12H,7H2,1-6H3.